The van der Waals surface area contributed by atoms with Crippen LogP contribution in [-0.2, 0) is 6.54 Å². The Bertz CT molecular complexity index is 645. The maximum absolute atomic E-state index is 12.2. The molecule has 22 heavy (non-hydrogen) atoms. The second-order valence-electron chi connectivity index (χ2n) is 5.63. The van der Waals surface area contributed by atoms with Gasteiger partial charge in [0.05, 0.1) is 18.3 Å². The van der Waals surface area contributed by atoms with E-state index in [-0.39, 0.29) is 5.91 Å². The monoisotopic (exact) mass is 299 g/mol. The fourth-order valence-electron chi connectivity index (χ4n) is 2.68. The smallest absolute Gasteiger partial charge is 0.272 e. The van der Waals surface area contributed by atoms with Gasteiger partial charge < -0.3 is 10.6 Å². The van der Waals surface area contributed by atoms with Gasteiger partial charge in [-0.2, -0.15) is 5.10 Å². The van der Waals surface area contributed by atoms with Crippen LogP contribution in [0.3, 0.4) is 0 Å². The number of nitrogens with zero attached hydrogens (tertiary/aromatic N) is 3. The summed E-state index contributed by atoms with van der Waals surface area (Å²) in [7, 11) is 0. The minimum absolute atomic E-state index is 0.160. The van der Waals surface area contributed by atoms with Crippen molar-refractivity contribution in [2.45, 2.75) is 32.4 Å². The average molecular weight is 299 g/mol. The second kappa shape index (κ2) is 6.70. The minimum atomic E-state index is -0.160. The van der Waals surface area contributed by atoms with Gasteiger partial charge in [-0.05, 0) is 44.0 Å². The molecule has 6 heteroatoms. The van der Waals surface area contributed by atoms with Crippen molar-refractivity contribution < 1.29 is 4.79 Å². The van der Waals surface area contributed by atoms with Crippen molar-refractivity contribution in [1.82, 2.24) is 25.4 Å². The first kappa shape index (κ1) is 14.7. The topological polar surface area (TPSA) is 71.8 Å². The zero-order valence-electron chi connectivity index (χ0n) is 12.7. The van der Waals surface area contributed by atoms with Crippen LogP contribution in [0, 0.1) is 6.92 Å². The van der Waals surface area contributed by atoms with E-state index in [9.17, 15) is 4.79 Å². The third-order valence-electron chi connectivity index (χ3n) is 4.02. The lowest BCUT2D eigenvalue weighted by atomic mass is 10.1. The molecule has 1 amide bonds. The lowest BCUT2D eigenvalue weighted by Gasteiger charge is -2.22. The molecule has 2 aromatic rings. The number of hydrogen-bond donors (Lipinski definition) is 2. The summed E-state index contributed by atoms with van der Waals surface area (Å²) >= 11 is 0. The van der Waals surface area contributed by atoms with Gasteiger partial charge in [-0.15, -0.1) is 0 Å². The Morgan fingerprint density at radius 2 is 2.41 bits per heavy atom. The number of carbonyl (C=O) groups is 1. The Labute approximate surface area is 129 Å². The predicted molar refractivity (Wildman–Crippen MR) is 83.5 cm³/mol. The number of hydrogen-bond acceptors (Lipinski definition) is 4. The number of rotatable bonds is 4. The van der Waals surface area contributed by atoms with Crippen molar-refractivity contribution in [2.75, 3.05) is 13.1 Å². The summed E-state index contributed by atoms with van der Waals surface area (Å²) in [6.45, 7) is 4.38. The highest BCUT2D eigenvalue weighted by Gasteiger charge is 2.17. The van der Waals surface area contributed by atoms with Crippen LogP contribution in [0.4, 0.5) is 0 Å². The molecule has 1 saturated heterocycles. The van der Waals surface area contributed by atoms with E-state index in [0.717, 1.165) is 37.2 Å². The number of pyridine rings is 1. The summed E-state index contributed by atoms with van der Waals surface area (Å²) in [5, 5.41) is 10.6. The number of piperidine rings is 1. The van der Waals surface area contributed by atoms with Crippen molar-refractivity contribution in [1.29, 1.82) is 0 Å². The van der Waals surface area contributed by atoms with E-state index in [1.807, 2.05) is 29.9 Å². The molecule has 2 N–H and O–H groups in total. The standard InChI is InChI=1S/C16H21N5O/c1-12-4-2-8-18-15(12)11-19-16(22)14-6-9-21(20-14)13-5-3-7-17-10-13/h2,4,6,8-9,13,17H,3,5,7,10-11H2,1H3,(H,19,22). The molecule has 0 bridgehead atoms. The van der Waals surface area contributed by atoms with Crippen LogP contribution in [0.15, 0.2) is 30.6 Å². The molecule has 0 aromatic carbocycles. The Morgan fingerprint density at radius 3 is 3.18 bits per heavy atom. The highest BCUT2D eigenvalue weighted by atomic mass is 16.1. The number of amides is 1. The number of carbonyl (C=O) groups excluding carboxylic acids is 1. The van der Waals surface area contributed by atoms with Gasteiger partial charge >= 0.3 is 0 Å². The zero-order valence-corrected chi connectivity index (χ0v) is 12.7. The first-order valence-electron chi connectivity index (χ1n) is 7.68. The molecule has 0 saturated carbocycles. The normalized spacial score (nSPS) is 18.1. The van der Waals surface area contributed by atoms with Gasteiger partial charge in [-0.25, -0.2) is 0 Å². The Morgan fingerprint density at radius 1 is 1.50 bits per heavy atom. The van der Waals surface area contributed by atoms with E-state index in [2.05, 4.69) is 20.7 Å². The van der Waals surface area contributed by atoms with Gasteiger partial charge in [-0.1, -0.05) is 6.07 Å². The summed E-state index contributed by atoms with van der Waals surface area (Å²) in [6, 6.07) is 5.99. The predicted octanol–water partition coefficient (Wildman–Crippen LogP) is 1.44. The van der Waals surface area contributed by atoms with Gasteiger partial charge in [0.2, 0.25) is 0 Å². The molecule has 2 aromatic heterocycles. The molecule has 116 valence electrons. The van der Waals surface area contributed by atoms with Gasteiger partial charge in [0, 0.05) is 18.9 Å². The molecule has 0 aliphatic carbocycles. The van der Waals surface area contributed by atoms with Crippen LogP contribution in [0.25, 0.3) is 0 Å². The minimum Gasteiger partial charge on any atom is -0.345 e. The Balaban J connectivity index is 1.61. The van der Waals surface area contributed by atoms with E-state index >= 15 is 0 Å². The third kappa shape index (κ3) is 3.33. The molecule has 1 aliphatic rings. The first-order chi connectivity index (χ1) is 10.7. The molecular weight excluding hydrogens is 278 g/mol. The van der Waals surface area contributed by atoms with E-state index in [1.54, 1.807) is 12.3 Å². The zero-order chi connectivity index (χ0) is 15.4. The van der Waals surface area contributed by atoms with Gasteiger partial charge in [0.1, 0.15) is 5.69 Å². The molecule has 1 atom stereocenters. The van der Waals surface area contributed by atoms with E-state index < -0.39 is 0 Å². The average Bonchev–Trinajstić information content (AvgIpc) is 3.05. The molecule has 1 fully saturated rings. The summed E-state index contributed by atoms with van der Waals surface area (Å²) < 4.78 is 1.90. The van der Waals surface area contributed by atoms with Gasteiger partial charge in [0.25, 0.3) is 5.91 Å². The molecule has 6 nitrogen and oxygen atoms in total. The van der Waals surface area contributed by atoms with Crippen LogP contribution in [-0.4, -0.2) is 33.8 Å². The maximum atomic E-state index is 12.2. The SMILES string of the molecule is Cc1cccnc1CNC(=O)c1ccn(C2CCCNC2)n1. The summed E-state index contributed by atoms with van der Waals surface area (Å²) in [5.41, 5.74) is 2.41. The molecule has 3 heterocycles. The molecule has 1 aliphatic heterocycles. The highest BCUT2D eigenvalue weighted by Crippen LogP contribution is 2.15. The summed E-state index contributed by atoms with van der Waals surface area (Å²) in [5.74, 6) is -0.160. The molecule has 3 rings (SSSR count). The molecular formula is C16H21N5O. The first-order valence-corrected chi connectivity index (χ1v) is 7.68. The second-order valence-corrected chi connectivity index (χ2v) is 5.63. The molecule has 0 radical (unpaired) electrons. The van der Waals surface area contributed by atoms with E-state index in [4.69, 9.17) is 0 Å². The van der Waals surface area contributed by atoms with Crippen molar-refractivity contribution in [3.05, 3.63) is 47.5 Å². The van der Waals surface area contributed by atoms with Gasteiger partial charge in [-0.3, -0.25) is 14.5 Å². The van der Waals surface area contributed by atoms with Crippen LogP contribution < -0.4 is 10.6 Å². The Kier molecular flexibility index (Phi) is 4.48. The fourth-order valence-corrected chi connectivity index (χ4v) is 2.68. The van der Waals surface area contributed by atoms with Crippen molar-refractivity contribution in [3.63, 3.8) is 0 Å². The lowest BCUT2D eigenvalue weighted by molar-refractivity contribution is 0.0944. The largest absolute Gasteiger partial charge is 0.345 e. The van der Waals surface area contributed by atoms with Crippen molar-refractivity contribution >= 4 is 5.91 Å². The van der Waals surface area contributed by atoms with Gasteiger partial charge in [0.15, 0.2) is 0 Å². The quantitative estimate of drug-likeness (QED) is 0.896. The summed E-state index contributed by atoms with van der Waals surface area (Å²) in [6.07, 6.45) is 5.87. The molecule has 0 spiro atoms. The van der Waals surface area contributed by atoms with Crippen LogP contribution in [0.1, 0.15) is 40.6 Å². The Hall–Kier alpha value is -2.21. The van der Waals surface area contributed by atoms with Crippen molar-refractivity contribution in [3.8, 4) is 0 Å². The number of aryl methyl sites for hydroxylation is 1. The van der Waals surface area contributed by atoms with E-state index in [0.29, 0.717) is 18.3 Å². The van der Waals surface area contributed by atoms with E-state index in [1.165, 1.54) is 0 Å². The van der Waals surface area contributed by atoms with Crippen LogP contribution in [0.5, 0.6) is 0 Å². The number of aromatic nitrogens is 3. The van der Waals surface area contributed by atoms with Crippen LogP contribution in [0.2, 0.25) is 0 Å². The fraction of sp³-hybridized carbons (Fsp3) is 0.438. The maximum Gasteiger partial charge on any atom is 0.272 e. The van der Waals surface area contributed by atoms with Crippen LogP contribution >= 0.6 is 0 Å². The number of nitrogens with one attached hydrogen (secondary N) is 2. The summed E-state index contributed by atoms with van der Waals surface area (Å²) in [4.78, 5) is 16.5. The highest BCUT2D eigenvalue weighted by molar-refractivity contribution is 5.92. The van der Waals surface area contributed by atoms with Crippen molar-refractivity contribution in [2.24, 2.45) is 0 Å². The third-order valence-corrected chi connectivity index (χ3v) is 4.02. The lowest BCUT2D eigenvalue weighted by Crippen LogP contribution is -2.32. The molecule has 1 unspecified atom stereocenters.